The van der Waals surface area contributed by atoms with Gasteiger partial charge in [0.05, 0.1) is 0 Å². The lowest BCUT2D eigenvalue weighted by Crippen LogP contribution is -2.20. The van der Waals surface area contributed by atoms with Crippen LogP contribution in [0.4, 0.5) is 14.6 Å². The number of pyridine rings is 1. The number of aromatic nitrogens is 1. The van der Waals surface area contributed by atoms with Crippen LogP contribution in [0, 0.1) is 24.5 Å². The molecule has 1 aromatic heterocycles. The van der Waals surface area contributed by atoms with E-state index in [1.165, 1.54) is 6.07 Å². The fourth-order valence-electron chi connectivity index (χ4n) is 5.21. The van der Waals surface area contributed by atoms with Crippen molar-refractivity contribution in [3.05, 3.63) is 76.5 Å². The number of halogens is 2. The second kappa shape index (κ2) is 8.15. The minimum absolute atomic E-state index is 0.00636. The zero-order valence-corrected chi connectivity index (χ0v) is 18.9. The Morgan fingerprint density at radius 3 is 2.91 bits per heavy atom. The molecule has 0 bridgehead atoms. The first-order valence-corrected chi connectivity index (χ1v) is 11.6. The van der Waals surface area contributed by atoms with E-state index in [1.807, 2.05) is 18.2 Å². The van der Waals surface area contributed by atoms with E-state index in [-0.39, 0.29) is 48.0 Å². The number of Topliss-reactive ketones (excluding diaryl/α,β-unsaturated/α-hetero) is 1. The predicted molar refractivity (Wildman–Crippen MR) is 123 cm³/mol. The van der Waals surface area contributed by atoms with Crippen LogP contribution in [0.15, 0.2) is 42.6 Å². The van der Waals surface area contributed by atoms with E-state index in [4.69, 9.17) is 9.47 Å². The molecule has 2 aliphatic heterocycles. The Bertz CT molecular complexity index is 1390. The molecule has 0 spiro atoms. The zero-order chi connectivity index (χ0) is 24.3. The summed E-state index contributed by atoms with van der Waals surface area (Å²) in [6.07, 6.45) is 2.54. The van der Waals surface area contributed by atoms with Crippen molar-refractivity contribution in [1.29, 1.82) is 0 Å². The number of ketones is 1. The molecule has 3 heterocycles. The monoisotopic (exact) mass is 476 g/mol. The molecule has 2 aromatic carbocycles. The normalized spacial score (nSPS) is 21.3. The summed E-state index contributed by atoms with van der Waals surface area (Å²) in [7, 11) is 0. The van der Waals surface area contributed by atoms with Gasteiger partial charge in [0.15, 0.2) is 11.6 Å². The van der Waals surface area contributed by atoms with E-state index >= 15 is 0 Å². The Morgan fingerprint density at radius 1 is 1.20 bits per heavy atom. The van der Waals surface area contributed by atoms with E-state index in [0.717, 1.165) is 22.9 Å². The van der Waals surface area contributed by atoms with Gasteiger partial charge >= 0.3 is 0 Å². The highest BCUT2D eigenvalue weighted by molar-refractivity contribution is 5.93. The van der Waals surface area contributed by atoms with Crippen molar-refractivity contribution in [1.82, 2.24) is 4.98 Å². The van der Waals surface area contributed by atoms with Crippen LogP contribution in [0.3, 0.4) is 0 Å². The number of fused-ring (bicyclic) bond motifs is 4. The molecule has 6 rings (SSSR count). The summed E-state index contributed by atoms with van der Waals surface area (Å²) in [4.78, 5) is 28.5. The first kappa shape index (κ1) is 21.7. The lowest BCUT2D eigenvalue weighted by Gasteiger charge is -2.19. The molecular formula is C27H22F2N2O4. The minimum Gasteiger partial charge on any atom is -0.489 e. The number of carbonyl (C=O) groups excluding carboxylic acids is 2. The molecule has 8 heteroatoms. The third-order valence-corrected chi connectivity index (χ3v) is 6.90. The SMILES string of the molecule is Cc1cc(F)c(F)c(CC(=O)C[C@@H]2[C@H]3Oc4ccc(Oc5ccnc6c5CCC(=O)N6)cc4[C@@H]23)c1. The zero-order valence-electron chi connectivity index (χ0n) is 18.9. The highest BCUT2D eigenvalue weighted by Gasteiger charge is 2.59. The van der Waals surface area contributed by atoms with Gasteiger partial charge in [-0.1, -0.05) is 6.07 Å². The van der Waals surface area contributed by atoms with Crippen LogP contribution >= 0.6 is 0 Å². The molecule has 1 fully saturated rings. The Morgan fingerprint density at radius 2 is 2.06 bits per heavy atom. The van der Waals surface area contributed by atoms with E-state index in [9.17, 15) is 18.4 Å². The van der Waals surface area contributed by atoms with Gasteiger partial charge in [0, 0.05) is 48.4 Å². The molecule has 0 unspecified atom stereocenters. The van der Waals surface area contributed by atoms with Crippen molar-refractivity contribution in [2.24, 2.45) is 5.92 Å². The number of aryl methyl sites for hydroxylation is 1. The van der Waals surface area contributed by atoms with Crippen LogP contribution in [0.5, 0.6) is 17.2 Å². The second-order valence-electron chi connectivity index (χ2n) is 9.40. The van der Waals surface area contributed by atoms with Crippen LogP contribution in [0.2, 0.25) is 0 Å². The summed E-state index contributed by atoms with van der Waals surface area (Å²) in [5, 5.41) is 2.77. The summed E-state index contributed by atoms with van der Waals surface area (Å²) in [5.41, 5.74) is 2.51. The Labute approximate surface area is 200 Å². The highest BCUT2D eigenvalue weighted by atomic mass is 19.2. The molecule has 6 nitrogen and oxygen atoms in total. The fourth-order valence-corrected chi connectivity index (χ4v) is 5.21. The van der Waals surface area contributed by atoms with Crippen molar-refractivity contribution in [3.63, 3.8) is 0 Å². The van der Waals surface area contributed by atoms with Crippen molar-refractivity contribution >= 4 is 17.5 Å². The molecule has 1 saturated carbocycles. The van der Waals surface area contributed by atoms with Gasteiger partial charge in [-0.15, -0.1) is 0 Å². The van der Waals surface area contributed by atoms with Gasteiger partial charge in [-0.3, -0.25) is 9.59 Å². The topological polar surface area (TPSA) is 77.5 Å². The third-order valence-electron chi connectivity index (χ3n) is 6.90. The number of ether oxygens (including phenoxy) is 2. The fraction of sp³-hybridized carbons (Fsp3) is 0.296. The molecule has 1 amide bonds. The van der Waals surface area contributed by atoms with Crippen LogP contribution in [0.25, 0.3) is 0 Å². The number of amides is 1. The molecular weight excluding hydrogens is 454 g/mol. The number of hydrogen-bond donors (Lipinski definition) is 1. The van der Waals surface area contributed by atoms with Crippen LogP contribution in [-0.2, 0) is 22.4 Å². The summed E-state index contributed by atoms with van der Waals surface area (Å²) in [5.74, 6) is 0.548. The maximum Gasteiger partial charge on any atom is 0.225 e. The number of nitrogens with one attached hydrogen (secondary N) is 1. The van der Waals surface area contributed by atoms with Gasteiger partial charge in [0.25, 0.3) is 0 Å². The maximum atomic E-state index is 14.1. The van der Waals surface area contributed by atoms with Crippen molar-refractivity contribution in [3.8, 4) is 17.2 Å². The molecule has 178 valence electrons. The molecule has 3 atom stereocenters. The number of rotatable bonds is 6. The van der Waals surface area contributed by atoms with Crippen molar-refractivity contribution in [2.75, 3.05) is 5.32 Å². The van der Waals surface area contributed by atoms with Crippen molar-refractivity contribution < 1.29 is 27.8 Å². The van der Waals surface area contributed by atoms with E-state index < -0.39 is 11.6 Å². The Balaban J connectivity index is 1.15. The number of hydrogen-bond acceptors (Lipinski definition) is 5. The summed E-state index contributed by atoms with van der Waals surface area (Å²) >= 11 is 0. The quantitative estimate of drug-likeness (QED) is 0.541. The largest absolute Gasteiger partial charge is 0.489 e. The maximum absolute atomic E-state index is 14.1. The predicted octanol–water partition coefficient (Wildman–Crippen LogP) is 5.02. The van der Waals surface area contributed by atoms with E-state index in [0.29, 0.717) is 35.7 Å². The second-order valence-corrected chi connectivity index (χ2v) is 9.40. The summed E-state index contributed by atoms with van der Waals surface area (Å²) in [6, 6.07) is 10.0. The van der Waals surface area contributed by atoms with Gasteiger partial charge in [0.1, 0.15) is 35.0 Å². The number of benzene rings is 2. The summed E-state index contributed by atoms with van der Waals surface area (Å²) < 4.78 is 39.9. The molecule has 1 N–H and O–H groups in total. The van der Waals surface area contributed by atoms with Crippen molar-refractivity contribution in [2.45, 2.75) is 44.6 Å². The van der Waals surface area contributed by atoms with E-state index in [2.05, 4.69) is 10.3 Å². The van der Waals surface area contributed by atoms with Gasteiger partial charge in [0.2, 0.25) is 5.91 Å². The van der Waals surface area contributed by atoms with Gasteiger partial charge in [-0.25, -0.2) is 13.8 Å². The minimum atomic E-state index is -0.957. The van der Waals surface area contributed by atoms with Crippen LogP contribution in [0.1, 0.15) is 41.0 Å². The molecule has 0 saturated heterocycles. The first-order chi connectivity index (χ1) is 16.9. The molecule has 0 radical (unpaired) electrons. The molecule has 1 aliphatic carbocycles. The van der Waals surface area contributed by atoms with Gasteiger partial charge in [-0.05, 0) is 54.8 Å². The third kappa shape index (κ3) is 3.92. The Hall–Kier alpha value is -3.81. The average molecular weight is 476 g/mol. The first-order valence-electron chi connectivity index (χ1n) is 11.6. The smallest absolute Gasteiger partial charge is 0.225 e. The number of carbonyl (C=O) groups is 2. The van der Waals surface area contributed by atoms with E-state index in [1.54, 1.807) is 19.2 Å². The Kier molecular flexibility index (Phi) is 5.05. The molecule has 35 heavy (non-hydrogen) atoms. The lowest BCUT2D eigenvalue weighted by molar-refractivity contribution is -0.119. The van der Waals surface area contributed by atoms with Gasteiger partial charge in [-0.2, -0.15) is 0 Å². The molecule has 3 aliphatic rings. The van der Waals surface area contributed by atoms with Crippen LogP contribution < -0.4 is 14.8 Å². The average Bonchev–Trinajstić information content (AvgIpc) is 3.33. The standard InChI is InChI=1S/C27H22F2N2O4/c1-13-8-14(25(29)20(28)9-13)10-15(32)11-19-24-18-12-16(2-4-21(18)35-26(19)24)34-22-6-7-30-27-17(22)3-5-23(33)31-27/h2,4,6-9,12,19,24,26H,3,5,10-11H2,1H3,(H,30,31,33)/t19-,24-,26+/m0/s1. The van der Waals surface area contributed by atoms with Crippen LogP contribution in [-0.4, -0.2) is 22.8 Å². The summed E-state index contributed by atoms with van der Waals surface area (Å²) in [6.45, 7) is 1.67. The number of nitrogens with zero attached hydrogens (tertiary/aromatic N) is 1. The lowest BCUT2D eigenvalue weighted by atomic mass is 10.00. The van der Waals surface area contributed by atoms with Gasteiger partial charge < -0.3 is 14.8 Å². The number of anilines is 1. The highest BCUT2D eigenvalue weighted by Crippen LogP contribution is 2.60. The molecule has 3 aromatic rings.